The van der Waals surface area contributed by atoms with Crippen LogP contribution in [0.3, 0.4) is 0 Å². The van der Waals surface area contributed by atoms with E-state index in [2.05, 4.69) is 10.2 Å². The van der Waals surface area contributed by atoms with Gasteiger partial charge in [-0.15, -0.1) is 0 Å². The van der Waals surface area contributed by atoms with Crippen LogP contribution in [0.2, 0.25) is 0 Å². The molecule has 0 fully saturated rings. The normalized spacial score (nSPS) is 9.54. The number of carboxylic acids is 1. The number of fused-ring (bicyclic) bond motifs is 1. The first kappa shape index (κ1) is 9.77. The molecule has 6 heteroatoms. The zero-order valence-corrected chi connectivity index (χ0v) is 6.01. The Morgan fingerprint density at radius 3 is 2.92 bits per heavy atom. The number of hydrogen-bond donors (Lipinski definition) is 1. The summed E-state index contributed by atoms with van der Waals surface area (Å²) in [6, 6.07) is 3.21. The number of rotatable bonds is 1. The summed E-state index contributed by atoms with van der Waals surface area (Å²) in [7, 11) is 0. The van der Waals surface area contributed by atoms with Gasteiger partial charge in [0, 0.05) is 0 Å². The molecule has 0 aromatic carbocycles. The average Bonchev–Trinajstić information content (AvgIpc) is 2.49. The van der Waals surface area contributed by atoms with E-state index in [0.29, 0.717) is 5.52 Å². The van der Waals surface area contributed by atoms with Crippen LogP contribution in [0.1, 0.15) is 10.4 Å². The molecule has 2 aromatic rings. The number of hydrogen-bond acceptors (Lipinski definition) is 3. The van der Waals surface area contributed by atoms with E-state index in [-0.39, 0.29) is 24.4 Å². The van der Waals surface area contributed by atoms with Gasteiger partial charge in [0.15, 0.2) is 0 Å². The van der Waals surface area contributed by atoms with Crippen LogP contribution in [-0.4, -0.2) is 44.8 Å². The van der Waals surface area contributed by atoms with E-state index in [9.17, 15) is 4.79 Å². The first-order valence-corrected chi connectivity index (χ1v) is 3.31. The van der Waals surface area contributed by atoms with Crippen molar-refractivity contribution in [2.75, 3.05) is 0 Å². The van der Waals surface area contributed by atoms with Crippen molar-refractivity contribution in [2.24, 2.45) is 0 Å². The molecule has 0 saturated heterocycles. The van der Waals surface area contributed by atoms with Crippen LogP contribution in [-0.2, 0) is 0 Å². The van der Waals surface area contributed by atoms with Crippen molar-refractivity contribution in [1.29, 1.82) is 0 Å². The number of aromatic nitrogens is 3. The second kappa shape index (κ2) is 3.60. The van der Waals surface area contributed by atoms with Crippen LogP contribution in [0.5, 0.6) is 0 Å². The van der Waals surface area contributed by atoms with Crippen LogP contribution < -0.4 is 0 Å². The Balaban J connectivity index is 0.000000845. The van der Waals surface area contributed by atoms with Crippen LogP contribution >= 0.6 is 0 Å². The Labute approximate surface area is 85.5 Å². The van der Waals surface area contributed by atoms with Crippen LogP contribution in [0.15, 0.2) is 24.5 Å². The molecule has 2 aromatic heterocycles. The molecule has 0 aliphatic heterocycles. The Bertz CT molecular complexity index is 440. The molecule has 1 N–H and O–H groups in total. The van der Waals surface area contributed by atoms with Crippen molar-refractivity contribution >= 4 is 30.3 Å². The van der Waals surface area contributed by atoms with E-state index in [1.807, 2.05) is 0 Å². The number of aromatic carboxylic acids is 1. The van der Waals surface area contributed by atoms with Gasteiger partial charge < -0.3 is 5.11 Å². The average molecular weight is 171 g/mol. The van der Waals surface area contributed by atoms with Crippen LogP contribution in [0, 0.1) is 0 Å². The molecule has 13 heavy (non-hydrogen) atoms. The van der Waals surface area contributed by atoms with Gasteiger partial charge in [-0.2, -0.15) is 14.8 Å². The number of carbonyl (C=O) groups is 1. The molecular formula is C7H6LiN3O2. The molecule has 0 aliphatic carbocycles. The molecule has 0 atom stereocenters. The molecule has 2 heterocycles. The SMILES string of the molecule is O=C(O)c1cnn2nccc2c1.[LiH]. The van der Waals surface area contributed by atoms with Gasteiger partial charge in [-0.25, -0.2) is 4.79 Å². The van der Waals surface area contributed by atoms with E-state index in [4.69, 9.17) is 5.11 Å². The molecular weight excluding hydrogens is 165 g/mol. The fourth-order valence-electron chi connectivity index (χ4n) is 0.939. The van der Waals surface area contributed by atoms with Gasteiger partial charge in [0.05, 0.1) is 23.5 Å². The molecule has 0 unspecified atom stereocenters. The molecule has 0 spiro atoms. The van der Waals surface area contributed by atoms with Gasteiger partial charge in [0.2, 0.25) is 0 Å². The quantitative estimate of drug-likeness (QED) is 0.602. The number of carboxylic acid groups (broad SMARTS) is 1. The van der Waals surface area contributed by atoms with Gasteiger partial charge in [-0.1, -0.05) is 0 Å². The van der Waals surface area contributed by atoms with Crippen LogP contribution in [0.25, 0.3) is 5.52 Å². The van der Waals surface area contributed by atoms with Gasteiger partial charge in [-0.05, 0) is 12.1 Å². The Morgan fingerprint density at radius 1 is 1.46 bits per heavy atom. The summed E-state index contributed by atoms with van der Waals surface area (Å²) in [5, 5.41) is 16.2. The summed E-state index contributed by atoms with van der Waals surface area (Å²) >= 11 is 0. The second-order valence-corrected chi connectivity index (χ2v) is 2.29. The minimum atomic E-state index is -0.980. The minimum absolute atomic E-state index is 0. The molecule has 0 saturated carbocycles. The van der Waals surface area contributed by atoms with Crippen molar-refractivity contribution in [2.45, 2.75) is 0 Å². The summed E-state index contributed by atoms with van der Waals surface area (Å²) in [4.78, 5) is 10.5. The maximum atomic E-state index is 10.5. The predicted molar refractivity (Wildman–Crippen MR) is 47.1 cm³/mol. The third-order valence-corrected chi connectivity index (χ3v) is 1.51. The van der Waals surface area contributed by atoms with Crippen molar-refractivity contribution in [3.05, 3.63) is 30.1 Å². The van der Waals surface area contributed by atoms with Gasteiger partial charge in [0.25, 0.3) is 0 Å². The van der Waals surface area contributed by atoms with Gasteiger partial charge >= 0.3 is 24.8 Å². The van der Waals surface area contributed by atoms with Crippen molar-refractivity contribution < 1.29 is 9.90 Å². The fourth-order valence-corrected chi connectivity index (χ4v) is 0.939. The summed E-state index contributed by atoms with van der Waals surface area (Å²) < 4.78 is 1.37. The first-order chi connectivity index (χ1) is 5.77. The third-order valence-electron chi connectivity index (χ3n) is 1.51. The summed E-state index contributed by atoms with van der Waals surface area (Å²) in [5.41, 5.74) is 0.845. The molecule has 2 rings (SSSR count). The second-order valence-electron chi connectivity index (χ2n) is 2.29. The van der Waals surface area contributed by atoms with Crippen molar-refractivity contribution in [1.82, 2.24) is 14.8 Å². The summed E-state index contributed by atoms with van der Waals surface area (Å²) in [5.74, 6) is -0.980. The van der Waals surface area contributed by atoms with E-state index < -0.39 is 5.97 Å². The standard InChI is InChI=1S/C7H5N3O2.Li.H/c11-7(12)5-3-6-1-2-8-10(6)9-4-5;;/h1-4H,(H,11,12);;. The Morgan fingerprint density at radius 2 is 2.23 bits per heavy atom. The predicted octanol–water partition coefficient (Wildman–Crippen LogP) is -0.221. The molecule has 62 valence electrons. The fraction of sp³-hybridized carbons (Fsp3) is 0. The summed E-state index contributed by atoms with van der Waals surface area (Å²) in [6.07, 6.45) is 2.83. The topological polar surface area (TPSA) is 67.5 Å². The van der Waals surface area contributed by atoms with Crippen LogP contribution in [0.4, 0.5) is 0 Å². The monoisotopic (exact) mass is 171 g/mol. The Hall–Kier alpha value is -1.31. The van der Waals surface area contributed by atoms with E-state index in [1.54, 1.807) is 12.3 Å². The van der Waals surface area contributed by atoms with Crippen molar-refractivity contribution in [3.8, 4) is 0 Å². The first-order valence-electron chi connectivity index (χ1n) is 3.31. The van der Waals surface area contributed by atoms with E-state index in [0.717, 1.165) is 0 Å². The van der Waals surface area contributed by atoms with Crippen molar-refractivity contribution in [3.63, 3.8) is 0 Å². The molecule has 0 radical (unpaired) electrons. The maximum absolute atomic E-state index is 10.5. The van der Waals surface area contributed by atoms with E-state index in [1.165, 1.54) is 16.9 Å². The Kier molecular flexibility index (Phi) is 2.71. The summed E-state index contributed by atoms with van der Waals surface area (Å²) in [6.45, 7) is 0. The molecule has 0 bridgehead atoms. The van der Waals surface area contributed by atoms with Gasteiger partial charge in [0.1, 0.15) is 0 Å². The molecule has 5 nitrogen and oxygen atoms in total. The third kappa shape index (κ3) is 1.71. The molecule has 0 amide bonds. The zero-order chi connectivity index (χ0) is 8.55. The van der Waals surface area contributed by atoms with E-state index >= 15 is 0 Å². The van der Waals surface area contributed by atoms with Gasteiger partial charge in [-0.3, -0.25) is 0 Å². The molecule has 0 aliphatic rings. The zero-order valence-electron chi connectivity index (χ0n) is 6.01. The number of nitrogens with zero attached hydrogens (tertiary/aromatic N) is 3.